The lowest BCUT2D eigenvalue weighted by Gasteiger charge is -2.18. The first kappa shape index (κ1) is 20.9. The van der Waals surface area contributed by atoms with Crippen LogP contribution in [0.25, 0.3) is 21.9 Å². The van der Waals surface area contributed by atoms with Gasteiger partial charge in [0.2, 0.25) is 0 Å². The van der Waals surface area contributed by atoms with Crippen LogP contribution >= 0.6 is 11.6 Å². The monoisotopic (exact) mass is 430 g/mol. The lowest BCUT2D eigenvalue weighted by Crippen LogP contribution is -2.32. The molecule has 0 saturated heterocycles. The molecule has 1 aromatic heterocycles. The van der Waals surface area contributed by atoms with Gasteiger partial charge in [0.05, 0.1) is 0 Å². The molecule has 1 heterocycles. The summed E-state index contributed by atoms with van der Waals surface area (Å²) < 4.78 is 1.45. The van der Waals surface area contributed by atoms with Crippen LogP contribution in [0.4, 0.5) is 0 Å². The zero-order valence-corrected chi connectivity index (χ0v) is 18.5. The first-order valence-electron chi connectivity index (χ1n) is 10.1. The van der Waals surface area contributed by atoms with Crippen LogP contribution in [0.2, 0.25) is 5.02 Å². The summed E-state index contributed by atoms with van der Waals surface area (Å²) in [5.74, 6) is -0.307. The SMILES string of the molecule is Cc1cc2c(-c3ccccc3)c(C(=O)NCc3cccc(Cl)c3)n(C)c(=O)c2cc1C. The number of aromatic nitrogens is 1. The number of hydrogen-bond donors (Lipinski definition) is 1. The van der Waals surface area contributed by atoms with E-state index in [0.717, 1.165) is 33.2 Å². The molecule has 0 aliphatic rings. The summed E-state index contributed by atoms with van der Waals surface area (Å²) in [5.41, 5.74) is 4.80. The lowest BCUT2D eigenvalue weighted by molar-refractivity contribution is 0.0942. The molecule has 0 spiro atoms. The average molecular weight is 431 g/mol. The van der Waals surface area contributed by atoms with Crippen molar-refractivity contribution in [1.82, 2.24) is 9.88 Å². The Kier molecular flexibility index (Phi) is 5.66. The Morgan fingerprint density at radius 3 is 2.29 bits per heavy atom. The van der Waals surface area contributed by atoms with Crippen molar-refractivity contribution in [3.05, 3.63) is 104 Å². The fraction of sp³-hybridized carbons (Fsp3) is 0.154. The molecule has 4 aromatic rings. The van der Waals surface area contributed by atoms with Crippen molar-refractivity contribution in [3.63, 3.8) is 0 Å². The van der Waals surface area contributed by atoms with Gasteiger partial charge >= 0.3 is 0 Å². The predicted molar refractivity (Wildman–Crippen MR) is 127 cm³/mol. The number of carbonyl (C=O) groups is 1. The Morgan fingerprint density at radius 1 is 0.935 bits per heavy atom. The summed E-state index contributed by atoms with van der Waals surface area (Å²) in [5, 5.41) is 4.96. The van der Waals surface area contributed by atoms with E-state index in [2.05, 4.69) is 5.32 Å². The number of fused-ring (bicyclic) bond motifs is 1. The number of nitrogens with one attached hydrogen (secondary N) is 1. The Bertz CT molecular complexity index is 1360. The van der Waals surface area contributed by atoms with Crippen molar-refractivity contribution in [2.45, 2.75) is 20.4 Å². The van der Waals surface area contributed by atoms with Crippen molar-refractivity contribution < 1.29 is 4.79 Å². The van der Waals surface area contributed by atoms with Crippen molar-refractivity contribution in [1.29, 1.82) is 0 Å². The molecule has 0 atom stereocenters. The van der Waals surface area contributed by atoms with Crippen LogP contribution in [-0.2, 0) is 13.6 Å². The van der Waals surface area contributed by atoms with Crippen molar-refractivity contribution in [3.8, 4) is 11.1 Å². The highest BCUT2D eigenvalue weighted by molar-refractivity contribution is 6.30. The Balaban J connectivity index is 1.91. The van der Waals surface area contributed by atoms with E-state index in [0.29, 0.717) is 22.6 Å². The molecule has 0 fully saturated rings. The van der Waals surface area contributed by atoms with Gasteiger partial charge in [0, 0.05) is 29.6 Å². The van der Waals surface area contributed by atoms with Gasteiger partial charge in [0.25, 0.3) is 11.5 Å². The molecule has 5 heteroatoms. The van der Waals surface area contributed by atoms with Crippen molar-refractivity contribution >= 4 is 28.3 Å². The summed E-state index contributed by atoms with van der Waals surface area (Å²) in [7, 11) is 1.65. The van der Waals surface area contributed by atoms with Crippen LogP contribution in [0.5, 0.6) is 0 Å². The number of benzene rings is 3. The average Bonchev–Trinajstić information content (AvgIpc) is 2.76. The number of pyridine rings is 1. The zero-order chi connectivity index (χ0) is 22.1. The molecule has 0 radical (unpaired) electrons. The molecule has 0 aliphatic heterocycles. The third-order valence-corrected chi connectivity index (χ3v) is 5.87. The highest BCUT2D eigenvalue weighted by Gasteiger charge is 2.22. The molecule has 1 N–H and O–H groups in total. The molecule has 0 aliphatic carbocycles. The topological polar surface area (TPSA) is 51.1 Å². The fourth-order valence-corrected chi connectivity index (χ4v) is 4.07. The van der Waals surface area contributed by atoms with Crippen molar-refractivity contribution in [2.75, 3.05) is 0 Å². The second-order valence-electron chi connectivity index (χ2n) is 7.75. The van der Waals surface area contributed by atoms with Crippen LogP contribution in [0.1, 0.15) is 27.2 Å². The van der Waals surface area contributed by atoms with Gasteiger partial charge in [-0.3, -0.25) is 9.59 Å². The number of carbonyl (C=O) groups excluding carboxylic acids is 1. The van der Waals surface area contributed by atoms with E-state index in [1.165, 1.54) is 4.57 Å². The number of rotatable bonds is 4. The highest BCUT2D eigenvalue weighted by atomic mass is 35.5. The predicted octanol–water partition coefficient (Wildman–Crippen LogP) is 5.41. The molecule has 4 nitrogen and oxygen atoms in total. The third kappa shape index (κ3) is 3.99. The molecule has 3 aromatic carbocycles. The normalized spacial score (nSPS) is 11.0. The molecule has 156 valence electrons. The van der Waals surface area contributed by atoms with E-state index in [1.807, 2.05) is 74.5 Å². The fourth-order valence-electron chi connectivity index (χ4n) is 3.85. The van der Waals surface area contributed by atoms with E-state index in [9.17, 15) is 9.59 Å². The van der Waals surface area contributed by atoms with Gasteiger partial charge in [0.15, 0.2) is 0 Å². The van der Waals surface area contributed by atoms with Crippen LogP contribution < -0.4 is 10.9 Å². The number of amides is 1. The summed E-state index contributed by atoms with van der Waals surface area (Å²) in [6, 6.07) is 21.0. The molecule has 31 heavy (non-hydrogen) atoms. The van der Waals surface area contributed by atoms with Crippen LogP contribution in [0, 0.1) is 13.8 Å². The van der Waals surface area contributed by atoms with Crippen LogP contribution in [0.3, 0.4) is 0 Å². The Hall–Kier alpha value is -3.37. The summed E-state index contributed by atoms with van der Waals surface area (Å²) in [4.78, 5) is 26.5. The van der Waals surface area contributed by atoms with Gasteiger partial charge in [0.1, 0.15) is 5.69 Å². The van der Waals surface area contributed by atoms with E-state index >= 15 is 0 Å². The number of nitrogens with zero attached hydrogens (tertiary/aromatic N) is 1. The first-order valence-corrected chi connectivity index (χ1v) is 10.5. The van der Waals surface area contributed by atoms with Gasteiger partial charge < -0.3 is 9.88 Å². The second-order valence-corrected chi connectivity index (χ2v) is 8.18. The van der Waals surface area contributed by atoms with E-state index in [-0.39, 0.29) is 11.5 Å². The molecule has 0 unspecified atom stereocenters. The number of halogens is 1. The number of aryl methyl sites for hydroxylation is 2. The Labute approximate surface area is 186 Å². The van der Waals surface area contributed by atoms with Gasteiger partial charge in [-0.05, 0) is 59.7 Å². The molecule has 0 bridgehead atoms. The minimum Gasteiger partial charge on any atom is -0.347 e. The first-order chi connectivity index (χ1) is 14.9. The maximum atomic E-state index is 13.4. The van der Waals surface area contributed by atoms with Crippen LogP contribution in [0.15, 0.2) is 71.5 Å². The standard InChI is InChI=1S/C26H23ClN2O2/c1-16-12-21-22(13-17(16)2)26(31)29(3)24(23(21)19-9-5-4-6-10-19)25(30)28-15-18-8-7-11-20(27)14-18/h4-14H,15H2,1-3H3,(H,28,30). The lowest BCUT2D eigenvalue weighted by atomic mass is 9.93. The number of hydrogen-bond acceptors (Lipinski definition) is 2. The third-order valence-electron chi connectivity index (χ3n) is 5.63. The van der Waals surface area contributed by atoms with Crippen LogP contribution in [-0.4, -0.2) is 10.5 Å². The Morgan fingerprint density at radius 2 is 1.61 bits per heavy atom. The second kappa shape index (κ2) is 8.40. The van der Waals surface area contributed by atoms with E-state index < -0.39 is 0 Å². The van der Waals surface area contributed by atoms with E-state index in [1.54, 1.807) is 13.1 Å². The molecular formula is C26H23ClN2O2. The summed E-state index contributed by atoms with van der Waals surface area (Å²) >= 11 is 6.06. The highest BCUT2D eigenvalue weighted by Crippen LogP contribution is 2.32. The summed E-state index contributed by atoms with van der Waals surface area (Å²) in [6.07, 6.45) is 0. The summed E-state index contributed by atoms with van der Waals surface area (Å²) in [6.45, 7) is 4.31. The van der Waals surface area contributed by atoms with Gasteiger partial charge in [-0.15, -0.1) is 0 Å². The molecular weight excluding hydrogens is 408 g/mol. The molecule has 4 rings (SSSR count). The quantitative estimate of drug-likeness (QED) is 0.471. The smallest absolute Gasteiger partial charge is 0.268 e. The minimum atomic E-state index is -0.307. The van der Waals surface area contributed by atoms with E-state index in [4.69, 9.17) is 11.6 Å². The zero-order valence-electron chi connectivity index (χ0n) is 17.7. The van der Waals surface area contributed by atoms with Gasteiger partial charge in [-0.1, -0.05) is 60.1 Å². The molecule has 0 saturated carbocycles. The van der Waals surface area contributed by atoms with Crippen molar-refractivity contribution in [2.24, 2.45) is 7.05 Å². The largest absolute Gasteiger partial charge is 0.347 e. The van der Waals surface area contributed by atoms with Gasteiger partial charge in [-0.2, -0.15) is 0 Å². The maximum Gasteiger partial charge on any atom is 0.268 e. The van der Waals surface area contributed by atoms with Gasteiger partial charge in [-0.25, -0.2) is 0 Å². The molecule has 1 amide bonds. The maximum absolute atomic E-state index is 13.4. The minimum absolute atomic E-state index is 0.189.